The number of rotatable bonds is 3. The van der Waals surface area contributed by atoms with E-state index in [1.54, 1.807) is 0 Å². The lowest BCUT2D eigenvalue weighted by Gasteiger charge is -2.09. The summed E-state index contributed by atoms with van der Waals surface area (Å²) in [7, 11) is 0. The lowest BCUT2D eigenvalue weighted by molar-refractivity contribution is 0.0971. The van der Waals surface area contributed by atoms with E-state index in [1.165, 1.54) is 11.3 Å². The Hall–Kier alpha value is -2.67. The highest BCUT2D eigenvalue weighted by molar-refractivity contribution is 7.14. The molecule has 1 aliphatic carbocycles. The van der Waals surface area contributed by atoms with Crippen molar-refractivity contribution >= 4 is 28.2 Å². The molecule has 1 aliphatic rings. The minimum Gasteiger partial charge on any atom is -0.466 e. The van der Waals surface area contributed by atoms with Crippen LogP contribution in [0.3, 0.4) is 0 Å². The number of aromatic nitrogens is 2. The van der Waals surface area contributed by atoms with Crippen LogP contribution in [0.1, 0.15) is 56.5 Å². The van der Waals surface area contributed by atoms with Crippen LogP contribution in [0.4, 0.5) is 5.13 Å². The summed E-state index contributed by atoms with van der Waals surface area (Å²) in [6, 6.07) is 1.94. The quantitative estimate of drug-likeness (QED) is 0.715. The first-order valence-electron chi connectivity index (χ1n) is 8.53. The molecule has 26 heavy (non-hydrogen) atoms. The number of hydrogen-bond acceptors (Lipinski definition) is 5. The predicted molar refractivity (Wildman–Crippen MR) is 100 cm³/mol. The van der Waals surface area contributed by atoms with E-state index in [-0.39, 0.29) is 11.7 Å². The molecular weight excluding hydrogens is 350 g/mol. The van der Waals surface area contributed by atoms with Crippen molar-refractivity contribution in [2.75, 3.05) is 5.32 Å². The monoisotopic (exact) mass is 369 g/mol. The number of nitrogens with zero attached hydrogens (tertiary/aromatic N) is 1. The molecule has 6 nitrogen and oxygen atoms in total. The number of nitrogens with one attached hydrogen (secondary N) is 2. The van der Waals surface area contributed by atoms with E-state index in [0.29, 0.717) is 22.8 Å². The van der Waals surface area contributed by atoms with Crippen molar-refractivity contribution in [2.24, 2.45) is 0 Å². The van der Waals surface area contributed by atoms with Gasteiger partial charge in [-0.15, -0.1) is 11.3 Å². The van der Waals surface area contributed by atoms with E-state index < -0.39 is 0 Å². The molecule has 0 spiro atoms. The molecule has 1 amide bonds. The normalized spacial score (nSPS) is 13.7. The second-order valence-corrected chi connectivity index (χ2v) is 7.43. The first-order chi connectivity index (χ1) is 12.4. The number of hydrogen-bond donors (Lipinski definition) is 2. The summed E-state index contributed by atoms with van der Waals surface area (Å²) in [4.78, 5) is 32.4. The molecule has 2 N–H and O–H groups in total. The summed E-state index contributed by atoms with van der Waals surface area (Å²) >= 11 is 1.36. The Morgan fingerprint density at radius 1 is 1.31 bits per heavy atom. The minimum absolute atomic E-state index is 0.112. The van der Waals surface area contributed by atoms with Crippen LogP contribution in [0.15, 0.2) is 15.9 Å². The van der Waals surface area contributed by atoms with Gasteiger partial charge < -0.3 is 9.40 Å². The van der Waals surface area contributed by atoms with Crippen molar-refractivity contribution < 1.29 is 14.0 Å². The van der Waals surface area contributed by atoms with Gasteiger partial charge in [0.05, 0.1) is 5.69 Å². The summed E-state index contributed by atoms with van der Waals surface area (Å²) in [5.41, 5.74) is 4.42. The van der Waals surface area contributed by atoms with Crippen LogP contribution in [-0.4, -0.2) is 21.7 Å². The molecule has 134 valence electrons. The third-order valence-electron chi connectivity index (χ3n) is 4.71. The van der Waals surface area contributed by atoms with Crippen LogP contribution < -0.4 is 5.32 Å². The van der Waals surface area contributed by atoms with E-state index in [1.807, 2.05) is 32.2 Å². The Morgan fingerprint density at radius 2 is 2.12 bits per heavy atom. The maximum atomic E-state index is 12.7. The largest absolute Gasteiger partial charge is 0.466 e. The highest BCUT2D eigenvalue weighted by atomic mass is 32.1. The van der Waals surface area contributed by atoms with Crippen molar-refractivity contribution in [2.45, 2.75) is 40.0 Å². The predicted octanol–water partition coefficient (Wildman–Crippen LogP) is 4.43. The maximum absolute atomic E-state index is 12.7. The Balaban J connectivity index is 1.58. The number of Topliss-reactive ketones (excluding diaryl/α,β-unsaturated/α-hetero) is 1. The van der Waals surface area contributed by atoms with Gasteiger partial charge in [-0.05, 0) is 45.2 Å². The van der Waals surface area contributed by atoms with Crippen molar-refractivity contribution in [3.63, 3.8) is 0 Å². The molecule has 0 aliphatic heterocycles. The number of aryl methyl sites for hydroxylation is 3. The third-order valence-corrected chi connectivity index (χ3v) is 5.46. The van der Waals surface area contributed by atoms with Gasteiger partial charge in [-0.2, -0.15) is 0 Å². The third kappa shape index (κ3) is 2.78. The molecule has 3 heterocycles. The molecule has 0 bridgehead atoms. The summed E-state index contributed by atoms with van der Waals surface area (Å²) in [5, 5.41) is 5.24. The Labute approximate surface area is 154 Å². The number of H-pyrrole nitrogens is 1. The van der Waals surface area contributed by atoms with E-state index >= 15 is 0 Å². The number of furan rings is 1. The molecular formula is C19H19N3O3S. The van der Waals surface area contributed by atoms with Gasteiger partial charge in [0.2, 0.25) is 0 Å². The molecule has 0 atom stereocenters. The molecule has 7 heteroatoms. The molecule has 0 radical (unpaired) electrons. The summed E-state index contributed by atoms with van der Waals surface area (Å²) in [5.74, 6) is 1.47. The van der Waals surface area contributed by atoms with Crippen LogP contribution in [0.2, 0.25) is 0 Å². The second kappa shape index (κ2) is 6.25. The molecule has 0 saturated heterocycles. The number of fused-ring (bicyclic) bond motifs is 1. The van der Waals surface area contributed by atoms with Crippen molar-refractivity contribution in [1.29, 1.82) is 0 Å². The van der Waals surface area contributed by atoms with Gasteiger partial charge in [0.15, 0.2) is 10.9 Å². The van der Waals surface area contributed by atoms with Crippen LogP contribution in [0.25, 0.3) is 11.3 Å². The number of amides is 1. The number of aromatic amines is 1. The second-order valence-electron chi connectivity index (χ2n) is 6.57. The highest BCUT2D eigenvalue weighted by Crippen LogP contribution is 2.31. The summed E-state index contributed by atoms with van der Waals surface area (Å²) in [6.07, 6.45) is 2.17. The molecule has 0 aromatic carbocycles. The van der Waals surface area contributed by atoms with E-state index in [9.17, 15) is 9.59 Å². The Morgan fingerprint density at radius 3 is 2.81 bits per heavy atom. The Bertz CT molecular complexity index is 1030. The number of thiazole rings is 1. The van der Waals surface area contributed by atoms with Crippen LogP contribution in [-0.2, 0) is 6.42 Å². The first kappa shape index (κ1) is 16.8. The van der Waals surface area contributed by atoms with Gasteiger partial charge in [-0.3, -0.25) is 14.9 Å². The maximum Gasteiger partial charge on any atom is 0.274 e. The summed E-state index contributed by atoms with van der Waals surface area (Å²) in [6.45, 7) is 5.60. The molecule has 0 unspecified atom stereocenters. The van der Waals surface area contributed by atoms with Crippen molar-refractivity contribution in [3.05, 3.63) is 45.5 Å². The SMILES string of the molecule is Cc1cc(-c2csc(NC(=O)c3[nH]c4c(c3C)C(=O)CCC4)n2)c(C)o1. The molecule has 4 rings (SSSR count). The van der Waals surface area contributed by atoms with Gasteiger partial charge >= 0.3 is 0 Å². The lowest BCUT2D eigenvalue weighted by Crippen LogP contribution is -2.13. The lowest BCUT2D eigenvalue weighted by atomic mass is 9.94. The average molecular weight is 369 g/mol. The number of carbonyl (C=O) groups is 2. The zero-order valence-corrected chi connectivity index (χ0v) is 15.7. The average Bonchev–Trinajstić information content (AvgIpc) is 3.26. The smallest absolute Gasteiger partial charge is 0.274 e. The number of anilines is 1. The minimum atomic E-state index is -0.273. The fourth-order valence-electron chi connectivity index (χ4n) is 3.50. The summed E-state index contributed by atoms with van der Waals surface area (Å²) < 4.78 is 5.54. The van der Waals surface area contributed by atoms with Crippen LogP contribution in [0.5, 0.6) is 0 Å². The zero-order valence-electron chi connectivity index (χ0n) is 14.9. The molecule has 3 aromatic rings. The molecule has 0 saturated carbocycles. The van der Waals surface area contributed by atoms with Gasteiger partial charge in [0.25, 0.3) is 5.91 Å². The van der Waals surface area contributed by atoms with E-state index in [4.69, 9.17) is 4.42 Å². The fraction of sp³-hybridized carbons (Fsp3) is 0.316. The van der Waals surface area contributed by atoms with Crippen LogP contribution in [0, 0.1) is 20.8 Å². The topological polar surface area (TPSA) is 88.0 Å². The van der Waals surface area contributed by atoms with Gasteiger partial charge in [-0.25, -0.2) is 4.98 Å². The zero-order chi connectivity index (χ0) is 18.4. The van der Waals surface area contributed by atoms with E-state index in [0.717, 1.165) is 46.9 Å². The first-order valence-corrected chi connectivity index (χ1v) is 9.41. The highest BCUT2D eigenvalue weighted by Gasteiger charge is 2.26. The molecule has 0 fully saturated rings. The van der Waals surface area contributed by atoms with Crippen molar-refractivity contribution in [1.82, 2.24) is 9.97 Å². The standard InChI is InChI=1S/C19H19N3O3S/c1-9-7-12(11(3)25-9)14-8-26-19(21-14)22-18(24)17-10(2)16-13(20-17)5-4-6-15(16)23/h7-8,20H,4-6H2,1-3H3,(H,21,22,24). The number of carbonyl (C=O) groups excluding carboxylic acids is 2. The fourth-order valence-corrected chi connectivity index (χ4v) is 4.21. The van der Waals surface area contributed by atoms with Gasteiger partial charge in [-0.1, -0.05) is 0 Å². The Kier molecular flexibility index (Phi) is 4.03. The van der Waals surface area contributed by atoms with Crippen LogP contribution >= 0.6 is 11.3 Å². The number of ketones is 1. The van der Waals surface area contributed by atoms with Gasteiger partial charge in [0, 0.05) is 28.6 Å². The van der Waals surface area contributed by atoms with Gasteiger partial charge in [0.1, 0.15) is 17.2 Å². The molecule has 3 aromatic heterocycles. The van der Waals surface area contributed by atoms with Crippen molar-refractivity contribution in [3.8, 4) is 11.3 Å². The van der Waals surface area contributed by atoms with E-state index in [2.05, 4.69) is 15.3 Å².